The normalized spacial score (nSPS) is 10.9. The molecule has 0 atom stereocenters. The maximum atomic E-state index is 11.8. The monoisotopic (exact) mass is 277 g/mol. The predicted octanol–water partition coefficient (Wildman–Crippen LogP) is 2.02. The zero-order valence-corrected chi connectivity index (χ0v) is 11.7. The fourth-order valence-corrected chi connectivity index (χ4v) is 1.64. The first-order chi connectivity index (χ1) is 9.33. The Morgan fingerprint density at radius 3 is 2.25 bits per heavy atom. The minimum Gasteiger partial charge on any atom is -0.480 e. The zero-order chi connectivity index (χ0) is 15.2. The van der Waals surface area contributed by atoms with Crippen molar-refractivity contribution in [3.05, 3.63) is 35.9 Å². The number of hydrogen-bond acceptors (Lipinski definition) is 3. The topological polar surface area (TPSA) is 83.5 Å². The molecule has 0 spiro atoms. The van der Waals surface area contributed by atoms with Crippen LogP contribution < -0.4 is 5.32 Å². The second kappa shape index (κ2) is 6.84. The highest BCUT2D eigenvalue weighted by atomic mass is 16.4. The van der Waals surface area contributed by atoms with Crippen LogP contribution in [0.1, 0.15) is 43.5 Å². The Bertz CT molecular complexity index is 494. The van der Waals surface area contributed by atoms with Crippen LogP contribution in [0.4, 0.5) is 0 Å². The Hall–Kier alpha value is -2.17. The average Bonchev–Trinajstić information content (AvgIpc) is 2.38. The fraction of sp³-hybridized carbons (Fsp3) is 0.400. The lowest BCUT2D eigenvalue weighted by Crippen LogP contribution is -2.49. The van der Waals surface area contributed by atoms with Gasteiger partial charge in [-0.2, -0.15) is 0 Å². The molecule has 1 aromatic carbocycles. The number of carboxylic acids is 1. The number of carbonyl (C=O) groups is 3. The van der Waals surface area contributed by atoms with Gasteiger partial charge in [-0.3, -0.25) is 9.59 Å². The second-order valence-corrected chi connectivity index (χ2v) is 5.12. The van der Waals surface area contributed by atoms with Crippen LogP contribution >= 0.6 is 0 Å². The molecule has 5 nitrogen and oxygen atoms in total. The maximum absolute atomic E-state index is 11.8. The molecule has 0 fully saturated rings. The van der Waals surface area contributed by atoms with E-state index in [2.05, 4.69) is 5.32 Å². The smallest absolute Gasteiger partial charge is 0.328 e. The van der Waals surface area contributed by atoms with Crippen molar-refractivity contribution in [2.24, 2.45) is 0 Å². The van der Waals surface area contributed by atoms with E-state index in [1.54, 1.807) is 24.3 Å². The van der Waals surface area contributed by atoms with Gasteiger partial charge in [-0.1, -0.05) is 30.3 Å². The predicted molar refractivity (Wildman–Crippen MR) is 74.5 cm³/mol. The molecule has 0 aromatic heterocycles. The van der Waals surface area contributed by atoms with E-state index in [1.807, 2.05) is 6.07 Å². The van der Waals surface area contributed by atoms with Crippen molar-refractivity contribution < 1.29 is 19.5 Å². The Kier molecular flexibility index (Phi) is 5.43. The standard InChI is InChI=1S/C15H19NO4/c1-15(2,14(19)20)16-13(18)10-6-9-12(17)11-7-4-3-5-8-11/h3-5,7-8H,6,9-10H2,1-2H3,(H,16,18)(H,19,20). The van der Waals surface area contributed by atoms with Crippen molar-refractivity contribution in [2.75, 3.05) is 0 Å². The van der Waals surface area contributed by atoms with Gasteiger partial charge in [0.25, 0.3) is 0 Å². The van der Waals surface area contributed by atoms with E-state index in [-0.39, 0.29) is 24.5 Å². The number of ketones is 1. The molecular formula is C15H19NO4. The number of benzene rings is 1. The molecule has 0 bridgehead atoms. The number of rotatable bonds is 7. The van der Waals surface area contributed by atoms with Gasteiger partial charge in [0.1, 0.15) is 5.54 Å². The first-order valence-electron chi connectivity index (χ1n) is 6.45. The lowest BCUT2D eigenvalue weighted by molar-refractivity contribution is -0.146. The Morgan fingerprint density at radius 1 is 1.10 bits per heavy atom. The quantitative estimate of drug-likeness (QED) is 0.747. The van der Waals surface area contributed by atoms with Gasteiger partial charge < -0.3 is 10.4 Å². The molecule has 5 heteroatoms. The van der Waals surface area contributed by atoms with E-state index >= 15 is 0 Å². The summed E-state index contributed by atoms with van der Waals surface area (Å²) in [6.07, 6.45) is 0.801. The third-order valence-corrected chi connectivity index (χ3v) is 2.89. The van der Waals surface area contributed by atoms with Crippen molar-refractivity contribution in [3.8, 4) is 0 Å². The molecule has 0 saturated carbocycles. The summed E-state index contributed by atoms with van der Waals surface area (Å²) in [7, 11) is 0. The lowest BCUT2D eigenvalue weighted by Gasteiger charge is -2.20. The molecule has 1 aromatic rings. The van der Waals surface area contributed by atoms with E-state index < -0.39 is 11.5 Å². The number of hydrogen-bond donors (Lipinski definition) is 2. The van der Waals surface area contributed by atoms with Crippen LogP contribution in [-0.2, 0) is 9.59 Å². The molecule has 1 amide bonds. The minimum absolute atomic E-state index is 0.0177. The Balaban J connectivity index is 2.36. The number of amides is 1. The van der Waals surface area contributed by atoms with E-state index in [1.165, 1.54) is 13.8 Å². The molecule has 0 aliphatic rings. The summed E-state index contributed by atoms with van der Waals surface area (Å²) in [5, 5.41) is 11.3. The summed E-state index contributed by atoms with van der Waals surface area (Å²) in [5.74, 6) is -1.47. The molecule has 0 aliphatic carbocycles. The van der Waals surface area contributed by atoms with Crippen LogP contribution in [-0.4, -0.2) is 28.3 Å². The third-order valence-electron chi connectivity index (χ3n) is 2.89. The van der Waals surface area contributed by atoms with E-state index in [4.69, 9.17) is 5.11 Å². The molecule has 20 heavy (non-hydrogen) atoms. The van der Waals surface area contributed by atoms with Gasteiger partial charge >= 0.3 is 5.97 Å². The van der Waals surface area contributed by atoms with Crippen molar-refractivity contribution in [3.63, 3.8) is 0 Å². The second-order valence-electron chi connectivity index (χ2n) is 5.12. The van der Waals surface area contributed by atoms with Gasteiger partial charge in [-0.05, 0) is 20.3 Å². The molecule has 108 valence electrons. The van der Waals surface area contributed by atoms with Crippen molar-refractivity contribution in [2.45, 2.75) is 38.6 Å². The highest BCUT2D eigenvalue weighted by Gasteiger charge is 2.28. The summed E-state index contributed by atoms with van der Waals surface area (Å²) in [6, 6.07) is 8.87. The minimum atomic E-state index is -1.29. The Labute approximate surface area is 118 Å². The number of carboxylic acid groups (broad SMARTS) is 1. The van der Waals surface area contributed by atoms with Crippen molar-refractivity contribution in [1.29, 1.82) is 0 Å². The van der Waals surface area contributed by atoms with Crippen LogP contribution in [0.5, 0.6) is 0 Å². The summed E-state index contributed by atoms with van der Waals surface area (Å²) >= 11 is 0. The van der Waals surface area contributed by atoms with Crippen molar-refractivity contribution >= 4 is 17.7 Å². The molecule has 0 aliphatic heterocycles. The third kappa shape index (κ3) is 4.84. The summed E-state index contributed by atoms with van der Waals surface area (Å²) in [6.45, 7) is 2.84. The van der Waals surface area contributed by atoms with Crippen LogP contribution in [0.25, 0.3) is 0 Å². The van der Waals surface area contributed by atoms with Crippen LogP contribution in [0.3, 0.4) is 0 Å². The van der Waals surface area contributed by atoms with Crippen LogP contribution in [0.15, 0.2) is 30.3 Å². The summed E-state index contributed by atoms with van der Waals surface area (Å²) < 4.78 is 0. The molecule has 2 N–H and O–H groups in total. The highest BCUT2D eigenvalue weighted by molar-refractivity contribution is 5.96. The van der Waals surface area contributed by atoms with E-state index in [0.717, 1.165) is 0 Å². The number of carbonyl (C=O) groups excluding carboxylic acids is 2. The summed E-state index contributed by atoms with van der Waals surface area (Å²) in [5.41, 5.74) is -0.667. The Morgan fingerprint density at radius 2 is 1.70 bits per heavy atom. The number of Topliss-reactive ketones (excluding diaryl/α,β-unsaturated/α-hetero) is 1. The molecule has 0 radical (unpaired) electrons. The first kappa shape index (κ1) is 15.9. The highest BCUT2D eigenvalue weighted by Crippen LogP contribution is 2.08. The van der Waals surface area contributed by atoms with Crippen molar-refractivity contribution in [1.82, 2.24) is 5.32 Å². The van der Waals surface area contributed by atoms with Crippen LogP contribution in [0.2, 0.25) is 0 Å². The zero-order valence-electron chi connectivity index (χ0n) is 11.7. The van der Waals surface area contributed by atoms with Gasteiger partial charge in [0, 0.05) is 18.4 Å². The first-order valence-corrected chi connectivity index (χ1v) is 6.45. The van der Waals surface area contributed by atoms with Crippen LogP contribution in [0, 0.1) is 0 Å². The number of aliphatic carboxylic acids is 1. The average molecular weight is 277 g/mol. The SMILES string of the molecule is CC(C)(NC(=O)CCCC(=O)c1ccccc1)C(=O)O. The van der Waals surface area contributed by atoms with Gasteiger partial charge in [-0.15, -0.1) is 0 Å². The lowest BCUT2D eigenvalue weighted by atomic mass is 10.0. The van der Waals surface area contributed by atoms with E-state index in [9.17, 15) is 14.4 Å². The molecule has 0 heterocycles. The maximum Gasteiger partial charge on any atom is 0.328 e. The number of nitrogens with one attached hydrogen (secondary N) is 1. The van der Waals surface area contributed by atoms with E-state index in [0.29, 0.717) is 12.0 Å². The van der Waals surface area contributed by atoms with Gasteiger partial charge in [0.2, 0.25) is 5.91 Å². The molecule has 0 unspecified atom stereocenters. The van der Waals surface area contributed by atoms with Gasteiger partial charge in [0.05, 0.1) is 0 Å². The van der Waals surface area contributed by atoms with Gasteiger partial charge in [0.15, 0.2) is 5.78 Å². The molecule has 1 rings (SSSR count). The fourth-order valence-electron chi connectivity index (χ4n) is 1.64. The summed E-state index contributed by atoms with van der Waals surface area (Å²) in [4.78, 5) is 34.2. The largest absolute Gasteiger partial charge is 0.480 e. The molecule has 0 saturated heterocycles. The molecular weight excluding hydrogens is 258 g/mol. The van der Waals surface area contributed by atoms with Gasteiger partial charge in [-0.25, -0.2) is 4.79 Å².